The van der Waals surface area contributed by atoms with E-state index in [1.165, 1.54) is 30.9 Å². The van der Waals surface area contributed by atoms with Crippen LogP contribution in [0, 0.1) is 28.9 Å². The van der Waals surface area contributed by atoms with E-state index in [2.05, 4.69) is 36.1 Å². The molecule has 0 spiro atoms. The van der Waals surface area contributed by atoms with Gasteiger partial charge in [-0.3, -0.25) is 9.59 Å². The lowest BCUT2D eigenvalue weighted by Crippen LogP contribution is -2.42. The lowest BCUT2D eigenvalue weighted by atomic mass is 9.83. The summed E-state index contributed by atoms with van der Waals surface area (Å²) in [7, 11) is 0. The number of piperidine rings is 1. The summed E-state index contributed by atoms with van der Waals surface area (Å²) in [6.45, 7) is 9.67. The fourth-order valence-corrected chi connectivity index (χ4v) is 7.49. The number of halogens is 3. The maximum Gasteiger partial charge on any atom is 0.254 e. The molecule has 1 aliphatic carbocycles. The van der Waals surface area contributed by atoms with Gasteiger partial charge in [0.2, 0.25) is 5.91 Å². The Labute approximate surface area is 263 Å². The van der Waals surface area contributed by atoms with E-state index in [1.807, 2.05) is 30.0 Å². The van der Waals surface area contributed by atoms with Gasteiger partial charge >= 0.3 is 0 Å². The summed E-state index contributed by atoms with van der Waals surface area (Å²) in [5, 5.41) is 3.62. The summed E-state index contributed by atoms with van der Waals surface area (Å²) < 4.78 is 28.7. The van der Waals surface area contributed by atoms with Crippen molar-refractivity contribution in [2.24, 2.45) is 17.3 Å². The average molecular weight is 623 g/mol. The third-order valence-corrected chi connectivity index (χ3v) is 9.41. The molecule has 44 heavy (non-hydrogen) atoms. The van der Waals surface area contributed by atoms with Crippen LogP contribution in [0.25, 0.3) is 0 Å². The highest BCUT2D eigenvalue weighted by Gasteiger charge is 2.43. The van der Waals surface area contributed by atoms with Gasteiger partial charge in [-0.25, -0.2) is 18.7 Å². The Morgan fingerprint density at radius 3 is 2.36 bits per heavy atom. The van der Waals surface area contributed by atoms with Crippen molar-refractivity contribution in [2.45, 2.75) is 77.7 Å². The number of amides is 2. The van der Waals surface area contributed by atoms with Crippen molar-refractivity contribution >= 4 is 23.4 Å². The number of hydrogen-bond donors (Lipinski definition) is 1. The standard InChI is InChI=1S/C35H41ClF2N4O2/c1-21(41-33(43)24-18-39-20-40-19-24)29-15-25(36)5-7-27(29)23-9-11-42(12-10-23)34(44)31-14-22(17-35(2,3)4)13-30(31)28-8-6-26(37)16-32(28)38/h5-8,15-16,18-23,30-31H,9-14,17H2,1-4H3,(H,41,43)/t21-,22?,30?,31?/m0/s1. The molecular weight excluding hydrogens is 582 g/mol. The van der Waals surface area contributed by atoms with Gasteiger partial charge in [-0.15, -0.1) is 0 Å². The summed E-state index contributed by atoms with van der Waals surface area (Å²) in [5.74, 6) is -1.49. The highest BCUT2D eigenvalue weighted by molar-refractivity contribution is 6.30. The number of carbonyl (C=O) groups is 2. The number of likely N-dealkylation sites (tertiary alicyclic amines) is 1. The van der Waals surface area contributed by atoms with E-state index >= 15 is 0 Å². The summed E-state index contributed by atoms with van der Waals surface area (Å²) in [4.78, 5) is 36.6. The summed E-state index contributed by atoms with van der Waals surface area (Å²) in [6, 6.07) is 9.23. The predicted octanol–water partition coefficient (Wildman–Crippen LogP) is 7.85. The maximum absolute atomic E-state index is 15.0. The molecule has 3 aromatic rings. The number of benzene rings is 2. The Balaban J connectivity index is 1.29. The van der Waals surface area contributed by atoms with Crippen LogP contribution in [0.15, 0.2) is 55.1 Å². The molecule has 1 N–H and O–H groups in total. The zero-order valence-electron chi connectivity index (χ0n) is 25.8. The van der Waals surface area contributed by atoms with Gasteiger partial charge in [0, 0.05) is 42.5 Å². The van der Waals surface area contributed by atoms with Crippen LogP contribution in [0.5, 0.6) is 0 Å². The second kappa shape index (κ2) is 13.3. The van der Waals surface area contributed by atoms with E-state index in [4.69, 9.17) is 11.6 Å². The number of rotatable bonds is 7. The van der Waals surface area contributed by atoms with Crippen molar-refractivity contribution < 1.29 is 18.4 Å². The molecule has 1 aromatic heterocycles. The van der Waals surface area contributed by atoms with Crippen LogP contribution < -0.4 is 5.32 Å². The zero-order valence-corrected chi connectivity index (χ0v) is 26.6. The first-order valence-electron chi connectivity index (χ1n) is 15.5. The molecule has 6 nitrogen and oxygen atoms in total. The molecule has 0 radical (unpaired) electrons. The third kappa shape index (κ3) is 7.45. The van der Waals surface area contributed by atoms with Gasteiger partial charge in [0.15, 0.2) is 0 Å². The molecule has 9 heteroatoms. The van der Waals surface area contributed by atoms with Crippen LogP contribution in [0.3, 0.4) is 0 Å². The second-order valence-electron chi connectivity index (χ2n) is 13.7. The molecule has 2 amide bonds. The molecule has 2 aromatic carbocycles. The summed E-state index contributed by atoms with van der Waals surface area (Å²) in [5.41, 5.74) is 2.97. The molecule has 4 atom stereocenters. The Hall–Kier alpha value is -3.39. The first-order valence-corrected chi connectivity index (χ1v) is 15.9. The number of carbonyl (C=O) groups excluding carboxylic acids is 2. The van der Waals surface area contributed by atoms with Crippen molar-refractivity contribution in [1.29, 1.82) is 0 Å². The molecule has 2 fully saturated rings. The second-order valence-corrected chi connectivity index (χ2v) is 14.1. The molecule has 2 aliphatic rings. The van der Waals surface area contributed by atoms with E-state index in [9.17, 15) is 18.4 Å². The Morgan fingerprint density at radius 2 is 1.70 bits per heavy atom. The van der Waals surface area contributed by atoms with Gasteiger partial charge in [0.05, 0.1) is 11.6 Å². The fourth-order valence-electron chi connectivity index (χ4n) is 7.31. The monoisotopic (exact) mass is 622 g/mol. The summed E-state index contributed by atoms with van der Waals surface area (Å²) >= 11 is 6.39. The molecule has 1 aliphatic heterocycles. The molecular formula is C35H41ClF2N4O2. The van der Waals surface area contributed by atoms with Crippen LogP contribution in [0.1, 0.15) is 105 Å². The third-order valence-electron chi connectivity index (χ3n) is 9.17. The minimum absolute atomic E-state index is 0.0654. The molecule has 234 valence electrons. The molecule has 1 saturated heterocycles. The lowest BCUT2D eigenvalue weighted by Gasteiger charge is -2.36. The minimum atomic E-state index is -0.607. The van der Waals surface area contributed by atoms with Crippen molar-refractivity contribution in [2.75, 3.05) is 13.1 Å². The smallest absolute Gasteiger partial charge is 0.254 e. The number of aromatic nitrogens is 2. The van der Waals surface area contributed by atoms with Crippen LogP contribution in [0.2, 0.25) is 5.02 Å². The molecule has 5 rings (SSSR count). The van der Waals surface area contributed by atoms with Gasteiger partial charge in [0.1, 0.15) is 18.0 Å². The quantitative estimate of drug-likeness (QED) is 0.291. The van der Waals surface area contributed by atoms with Crippen LogP contribution >= 0.6 is 11.6 Å². The van der Waals surface area contributed by atoms with Gasteiger partial charge in [0.25, 0.3) is 5.91 Å². The SMILES string of the molecule is C[C@H](NC(=O)c1cncnc1)c1cc(Cl)ccc1C1CCN(C(=O)C2CC(CC(C)(C)C)CC2c2ccc(F)cc2F)CC1. The van der Waals surface area contributed by atoms with E-state index in [1.54, 1.807) is 0 Å². The first kappa shape index (κ1) is 32.0. The molecule has 3 unspecified atom stereocenters. The van der Waals surface area contributed by atoms with Gasteiger partial charge < -0.3 is 10.2 Å². The highest BCUT2D eigenvalue weighted by Crippen LogP contribution is 2.49. The van der Waals surface area contributed by atoms with Gasteiger partial charge in [-0.2, -0.15) is 0 Å². The van der Waals surface area contributed by atoms with Crippen molar-refractivity contribution in [1.82, 2.24) is 20.2 Å². The van der Waals surface area contributed by atoms with Crippen molar-refractivity contribution in [3.05, 3.63) is 94.0 Å². The number of hydrogen-bond acceptors (Lipinski definition) is 4. The Kier molecular flexibility index (Phi) is 9.68. The van der Waals surface area contributed by atoms with Gasteiger partial charge in [-0.05, 0) is 97.1 Å². The molecule has 0 bridgehead atoms. The first-order chi connectivity index (χ1) is 20.9. The minimum Gasteiger partial charge on any atom is -0.345 e. The number of nitrogens with one attached hydrogen (secondary N) is 1. The van der Waals surface area contributed by atoms with E-state index < -0.39 is 11.6 Å². The zero-order chi connectivity index (χ0) is 31.6. The Bertz CT molecular complexity index is 1490. The topological polar surface area (TPSA) is 75.2 Å². The van der Waals surface area contributed by atoms with E-state index in [-0.39, 0.29) is 41.0 Å². The maximum atomic E-state index is 15.0. The van der Waals surface area contributed by atoms with Crippen molar-refractivity contribution in [3.63, 3.8) is 0 Å². The predicted molar refractivity (Wildman–Crippen MR) is 167 cm³/mol. The number of nitrogens with zero attached hydrogens (tertiary/aromatic N) is 3. The van der Waals surface area contributed by atoms with E-state index in [0.717, 1.165) is 42.9 Å². The lowest BCUT2D eigenvalue weighted by molar-refractivity contribution is -0.137. The molecule has 1 saturated carbocycles. The average Bonchev–Trinajstić information content (AvgIpc) is 3.39. The largest absolute Gasteiger partial charge is 0.345 e. The van der Waals surface area contributed by atoms with Crippen molar-refractivity contribution in [3.8, 4) is 0 Å². The highest BCUT2D eigenvalue weighted by atomic mass is 35.5. The van der Waals surface area contributed by atoms with E-state index in [0.29, 0.717) is 41.6 Å². The van der Waals surface area contributed by atoms with Crippen LogP contribution in [0.4, 0.5) is 8.78 Å². The van der Waals surface area contributed by atoms with Crippen LogP contribution in [-0.4, -0.2) is 39.8 Å². The van der Waals surface area contributed by atoms with Crippen LogP contribution in [-0.2, 0) is 4.79 Å². The summed E-state index contributed by atoms with van der Waals surface area (Å²) in [6.07, 6.45) is 8.25. The normalized spacial score (nSPS) is 21.7. The van der Waals surface area contributed by atoms with Gasteiger partial charge in [-0.1, -0.05) is 44.5 Å². The molecule has 2 heterocycles. The fraction of sp³-hybridized carbons (Fsp3) is 0.486. The Morgan fingerprint density at radius 1 is 1.02 bits per heavy atom.